The van der Waals surface area contributed by atoms with Gasteiger partial charge in [-0.1, -0.05) is 0 Å². The molecule has 2 fully saturated rings. The quantitative estimate of drug-likeness (QED) is 0.783. The molecule has 5 atom stereocenters. The summed E-state index contributed by atoms with van der Waals surface area (Å²) >= 11 is 0. The summed E-state index contributed by atoms with van der Waals surface area (Å²) in [4.78, 5) is 2.62. The zero-order valence-electron chi connectivity index (χ0n) is 11.4. The number of hydrogen-bond acceptors (Lipinski definition) is 4. The number of aliphatic hydroxyl groups is 1. The summed E-state index contributed by atoms with van der Waals surface area (Å²) in [5, 5.41) is 10.0. The molecule has 1 saturated carbocycles. The Labute approximate surface area is 118 Å². The summed E-state index contributed by atoms with van der Waals surface area (Å²) in [5.41, 5.74) is 2.83. The lowest BCUT2D eigenvalue weighted by Gasteiger charge is -2.33. The molecule has 1 unspecified atom stereocenters. The van der Waals surface area contributed by atoms with Gasteiger partial charge in [0.05, 0.1) is 6.10 Å². The van der Waals surface area contributed by atoms with Gasteiger partial charge in [-0.2, -0.15) is 0 Å². The third kappa shape index (κ3) is 1.44. The van der Waals surface area contributed by atoms with E-state index >= 15 is 0 Å². The van der Waals surface area contributed by atoms with Crippen LogP contribution in [-0.4, -0.2) is 35.5 Å². The lowest BCUT2D eigenvalue weighted by Crippen LogP contribution is -2.37. The highest BCUT2D eigenvalue weighted by Crippen LogP contribution is 2.51. The Balaban J connectivity index is 1.59. The third-order valence-electron chi connectivity index (χ3n) is 5.66. The number of rotatable bonds is 0. The van der Waals surface area contributed by atoms with Gasteiger partial charge in [0.25, 0.3) is 0 Å². The van der Waals surface area contributed by atoms with E-state index in [2.05, 4.69) is 17.0 Å². The zero-order valence-corrected chi connectivity index (χ0v) is 11.4. The zero-order chi connectivity index (χ0) is 13.3. The summed E-state index contributed by atoms with van der Waals surface area (Å²) in [6, 6.07) is 5.03. The first-order chi connectivity index (χ1) is 9.79. The van der Waals surface area contributed by atoms with E-state index in [0.717, 1.165) is 43.9 Å². The van der Waals surface area contributed by atoms with Crippen molar-refractivity contribution < 1.29 is 14.6 Å². The maximum atomic E-state index is 10.0. The van der Waals surface area contributed by atoms with Gasteiger partial charge in [0.1, 0.15) is 0 Å². The molecule has 20 heavy (non-hydrogen) atoms. The second kappa shape index (κ2) is 3.89. The molecule has 106 valence electrons. The first-order valence-electron chi connectivity index (χ1n) is 7.64. The maximum Gasteiger partial charge on any atom is 0.231 e. The van der Waals surface area contributed by atoms with Crippen LogP contribution in [0.4, 0.5) is 0 Å². The number of fused-ring (bicyclic) bond motifs is 8. The van der Waals surface area contributed by atoms with Crippen LogP contribution in [0.25, 0.3) is 0 Å². The molecule has 1 aromatic rings. The van der Waals surface area contributed by atoms with Crippen molar-refractivity contribution in [2.45, 2.75) is 43.9 Å². The van der Waals surface area contributed by atoms with Crippen molar-refractivity contribution in [2.75, 3.05) is 13.3 Å². The van der Waals surface area contributed by atoms with Crippen LogP contribution in [0, 0.1) is 5.92 Å². The summed E-state index contributed by atoms with van der Waals surface area (Å²) in [7, 11) is 0. The average Bonchev–Trinajstić information content (AvgIpc) is 3.00. The molecule has 1 saturated heterocycles. The van der Waals surface area contributed by atoms with Gasteiger partial charge < -0.3 is 14.6 Å². The number of ether oxygens (including phenoxy) is 2. The van der Waals surface area contributed by atoms with Gasteiger partial charge in [-0.05, 0) is 48.4 Å². The SMILES string of the molecule is O[C@@H]1CC[C@H]2[C@@H](C1)[C@H]1CN2Cc2cc3c(cc21)OCO3. The van der Waals surface area contributed by atoms with Crippen LogP contribution in [0.3, 0.4) is 0 Å². The number of hydrogen-bond donors (Lipinski definition) is 1. The Morgan fingerprint density at radius 2 is 2.00 bits per heavy atom. The number of nitrogens with zero attached hydrogens (tertiary/aromatic N) is 1. The summed E-state index contributed by atoms with van der Waals surface area (Å²) in [5.74, 6) is 2.97. The van der Waals surface area contributed by atoms with E-state index in [9.17, 15) is 5.11 Å². The fourth-order valence-electron chi connectivity index (χ4n) is 4.79. The maximum absolute atomic E-state index is 10.0. The van der Waals surface area contributed by atoms with Crippen molar-refractivity contribution in [1.82, 2.24) is 4.90 Å². The fourth-order valence-corrected chi connectivity index (χ4v) is 4.79. The molecule has 2 bridgehead atoms. The van der Waals surface area contributed by atoms with Gasteiger partial charge in [0.2, 0.25) is 6.79 Å². The minimum atomic E-state index is -0.103. The Bertz CT molecular complexity index is 573. The van der Waals surface area contributed by atoms with E-state index in [1.165, 1.54) is 11.1 Å². The van der Waals surface area contributed by atoms with Crippen LogP contribution in [0.5, 0.6) is 11.5 Å². The molecule has 1 N–H and O–H groups in total. The molecule has 1 aliphatic carbocycles. The van der Waals surface area contributed by atoms with E-state index in [1.807, 2.05) is 0 Å². The molecule has 0 spiro atoms. The summed E-state index contributed by atoms with van der Waals surface area (Å²) < 4.78 is 11.1. The minimum absolute atomic E-state index is 0.103. The van der Waals surface area contributed by atoms with Crippen LogP contribution >= 0.6 is 0 Å². The molecule has 5 rings (SSSR count). The van der Waals surface area contributed by atoms with E-state index < -0.39 is 0 Å². The Hall–Kier alpha value is -1.26. The molecular formula is C16H19NO3. The standard InChI is InChI=1S/C16H19NO3/c18-10-1-2-14-12(4-10)13-7-17(14)6-9-3-15-16(5-11(9)13)20-8-19-15/h3,5,10,12-14,18H,1-2,4,6-8H2/t10-,12+,13+,14+/m1/s1. The van der Waals surface area contributed by atoms with Crippen LogP contribution in [-0.2, 0) is 6.54 Å². The lowest BCUT2D eigenvalue weighted by atomic mass is 9.75. The van der Waals surface area contributed by atoms with Gasteiger partial charge in [0.15, 0.2) is 11.5 Å². The molecule has 0 amide bonds. The predicted molar refractivity (Wildman–Crippen MR) is 72.9 cm³/mol. The predicted octanol–water partition coefficient (Wildman–Crippen LogP) is 1.86. The molecule has 4 heteroatoms. The fraction of sp³-hybridized carbons (Fsp3) is 0.625. The van der Waals surface area contributed by atoms with Crippen molar-refractivity contribution >= 4 is 0 Å². The van der Waals surface area contributed by atoms with Crippen molar-refractivity contribution in [2.24, 2.45) is 5.92 Å². The molecule has 0 radical (unpaired) electrons. The molecule has 3 aliphatic heterocycles. The first kappa shape index (κ1) is 11.4. The highest BCUT2D eigenvalue weighted by Gasteiger charge is 2.48. The Morgan fingerprint density at radius 3 is 2.90 bits per heavy atom. The van der Waals surface area contributed by atoms with Gasteiger partial charge in [-0.15, -0.1) is 0 Å². The molecule has 4 nitrogen and oxygen atoms in total. The van der Waals surface area contributed by atoms with Crippen LogP contribution < -0.4 is 9.47 Å². The van der Waals surface area contributed by atoms with Crippen molar-refractivity contribution in [3.63, 3.8) is 0 Å². The number of benzene rings is 1. The van der Waals surface area contributed by atoms with Gasteiger partial charge in [0, 0.05) is 25.0 Å². The largest absolute Gasteiger partial charge is 0.454 e. The second-order valence-corrected chi connectivity index (χ2v) is 6.64. The molecule has 1 aromatic carbocycles. The molecule has 0 aromatic heterocycles. The first-order valence-corrected chi connectivity index (χ1v) is 7.64. The molecule has 3 heterocycles. The second-order valence-electron chi connectivity index (χ2n) is 6.64. The number of aliphatic hydroxyl groups excluding tert-OH is 1. The third-order valence-corrected chi connectivity index (χ3v) is 5.66. The van der Waals surface area contributed by atoms with Gasteiger partial charge in [-0.25, -0.2) is 0 Å². The van der Waals surface area contributed by atoms with E-state index in [1.54, 1.807) is 0 Å². The van der Waals surface area contributed by atoms with Crippen molar-refractivity contribution in [1.29, 1.82) is 0 Å². The van der Waals surface area contributed by atoms with Crippen LogP contribution in [0.15, 0.2) is 12.1 Å². The average molecular weight is 273 g/mol. The highest BCUT2D eigenvalue weighted by atomic mass is 16.7. The Morgan fingerprint density at radius 1 is 1.15 bits per heavy atom. The van der Waals surface area contributed by atoms with Crippen LogP contribution in [0.2, 0.25) is 0 Å². The topological polar surface area (TPSA) is 41.9 Å². The van der Waals surface area contributed by atoms with Crippen molar-refractivity contribution in [3.05, 3.63) is 23.3 Å². The smallest absolute Gasteiger partial charge is 0.231 e. The van der Waals surface area contributed by atoms with E-state index in [4.69, 9.17) is 9.47 Å². The van der Waals surface area contributed by atoms with E-state index in [0.29, 0.717) is 24.7 Å². The normalized spacial score (nSPS) is 40.4. The highest BCUT2D eigenvalue weighted by molar-refractivity contribution is 5.51. The summed E-state index contributed by atoms with van der Waals surface area (Å²) in [6.07, 6.45) is 2.96. The molecule has 4 aliphatic rings. The van der Waals surface area contributed by atoms with Gasteiger partial charge >= 0.3 is 0 Å². The summed E-state index contributed by atoms with van der Waals surface area (Å²) in [6.45, 7) is 2.52. The Kier molecular flexibility index (Phi) is 2.22. The minimum Gasteiger partial charge on any atom is -0.454 e. The lowest BCUT2D eigenvalue weighted by molar-refractivity contribution is 0.0674. The van der Waals surface area contributed by atoms with Crippen molar-refractivity contribution in [3.8, 4) is 11.5 Å². The van der Waals surface area contributed by atoms with Gasteiger partial charge in [-0.3, -0.25) is 4.90 Å². The molecular weight excluding hydrogens is 254 g/mol. The monoisotopic (exact) mass is 273 g/mol. The van der Waals surface area contributed by atoms with Crippen LogP contribution in [0.1, 0.15) is 36.3 Å². The van der Waals surface area contributed by atoms with E-state index in [-0.39, 0.29) is 6.10 Å².